The molecule has 0 fully saturated rings. The first-order valence-corrected chi connectivity index (χ1v) is 6.49. The lowest BCUT2D eigenvalue weighted by Crippen LogP contribution is -2.32. The zero-order chi connectivity index (χ0) is 14.6. The minimum absolute atomic E-state index is 0.365. The Morgan fingerprint density at radius 2 is 2.00 bits per heavy atom. The topological polar surface area (TPSA) is 56.1 Å². The van der Waals surface area contributed by atoms with E-state index in [0.29, 0.717) is 6.54 Å². The van der Waals surface area contributed by atoms with Gasteiger partial charge in [-0.2, -0.15) is 0 Å². The quantitative estimate of drug-likeness (QED) is 0.935. The summed E-state index contributed by atoms with van der Waals surface area (Å²) in [6.07, 6.45) is 3.02. The second-order valence-electron chi connectivity index (χ2n) is 5.45. The first-order chi connectivity index (χ1) is 9.46. The average molecular weight is 273 g/mol. The number of rotatable bonds is 3. The first-order valence-electron chi connectivity index (χ1n) is 6.49. The highest BCUT2D eigenvalue weighted by atomic mass is 16.6. The van der Waals surface area contributed by atoms with E-state index in [4.69, 9.17) is 4.74 Å². The molecule has 20 heavy (non-hydrogen) atoms. The molecule has 1 aromatic heterocycles. The standard InChI is InChI=1S/C15H19N3O2/c1-15(2,3)20-14(19)17-10-13-9-16-11-18(13)12-7-5-4-6-8-12/h4-9,11H,10H2,1-3H3,(H,17,19). The van der Waals surface area contributed by atoms with Crippen LogP contribution < -0.4 is 5.32 Å². The number of nitrogens with zero attached hydrogens (tertiary/aromatic N) is 2. The van der Waals surface area contributed by atoms with E-state index >= 15 is 0 Å². The largest absolute Gasteiger partial charge is 0.444 e. The molecular formula is C15H19N3O2. The molecule has 2 rings (SSSR count). The maximum atomic E-state index is 11.6. The molecule has 0 saturated carbocycles. The van der Waals surface area contributed by atoms with Gasteiger partial charge < -0.3 is 14.6 Å². The van der Waals surface area contributed by atoms with Crippen molar-refractivity contribution in [3.05, 3.63) is 48.5 Å². The fourth-order valence-corrected chi connectivity index (χ4v) is 1.75. The Labute approximate surface area is 118 Å². The number of amides is 1. The van der Waals surface area contributed by atoms with Crippen molar-refractivity contribution in [1.82, 2.24) is 14.9 Å². The molecule has 0 unspecified atom stereocenters. The van der Waals surface area contributed by atoms with Crippen LogP contribution in [0.25, 0.3) is 5.69 Å². The van der Waals surface area contributed by atoms with Crippen LogP contribution >= 0.6 is 0 Å². The zero-order valence-corrected chi connectivity index (χ0v) is 12.0. The number of imidazole rings is 1. The SMILES string of the molecule is CC(C)(C)OC(=O)NCc1cncn1-c1ccccc1. The molecule has 1 aromatic carbocycles. The van der Waals surface area contributed by atoms with Gasteiger partial charge in [-0.3, -0.25) is 0 Å². The van der Waals surface area contributed by atoms with Gasteiger partial charge in [0.15, 0.2) is 0 Å². The van der Waals surface area contributed by atoms with Crippen LogP contribution in [-0.2, 0) is 11.3 Å². The Morgan fingerprint density at radius 3 is 2.65 bits per heavy atom. The molecule has 0 atom stereocenters. The molecule has 0 bridgehead atoms. The lowest BCUT2D eigenvalue weighted by Gasteiger charge is -2.19. The van der Waals surface area contributed by atoms with Crippen molar-refractivity contribution in [2.45, 2.75) is 32.9 Å². The Morgan fingerprint density at radius 1 is 1.30 bits per heavy atom. The summed E-state index contributed by atoms with van der Waals surface area (Å²) in [6, 6.07) is 9.84. The highest BCUT2D eigenvalue weighted by molar-refractivity contribution is 5.67. The Bertz CT molecular complexity index is 570. The van der Waals surface area contributed by atoms with Crippen molar-refractivity contribution in [3.63, 3.8) is 0 Å². The predicted molar refractivity (Wildman–Crippen MR) is 76.6 cm³/mol. The van der Waals surface area contributed by atoms with Crippen molar-refractivity contribution in [3.8, 4) is 5.69 Å². The number of nitrogens with one attached hydrogen (secondary N) is 1. The smallest absolute Gasteiger partial charge is 0.407 e. The van der Waals surface area contributed by atoms with E-state index in [1.807, 2.05) is 55.7 Å². The van der Waals surface area contributed by atoms with Gasteiger partial charge in [0.1, 0.15) is 5.60 Å². The van der Waals surface area contributed by atoms with Crippen LogP contribution in [-0.4, -0.2) is 21.2 Å². The van der Waals surface area contributed by atoms with Gasteiger partial charge in [-0.15, -0.1) is 0 Å². The number of para-hydroxylation sites is 1. The van der Waals surface area contributed by atoms with Crippen LogP contribution in [0.4, 0.5) is 4.79 Å². The van der Waals surface area contributed by atoms with Crippen molar-refractivity contribution < 1.29 is 9.53 Å². The third kappa shape index (κ3) is 3.85. The first kappa shape index (κ1) is 14.1. The third-order valence-corrected chi connectivity index (χ3v) is 2.56. The number of hydrogen-bond donors (Lipinski definition) is 1. The molecular weight excluding hydrogens is 254 g/mol. The molecule has 0 saturated heterocycles. The molecule has 1 N–H and O–H groups in total. The summed E-state index contributed by atoms with van der Waals surface area (Å²) in [5, 5.41) is 2.73. The van der Waals surface area contributed by atoms with Crippen LogP contribution in [0.1, 0.15) is 26.5 Å². The number of benzene rings is 1. The third-order valence-electron chi connectivity index (χ3n) is 2.56. The average Bonchev–Trinajstić information content (AvgIpc) is 2.83. The molecule has 0 spiro atoms. The Balaban J connectivity index is 2.02. The Kier molecular flexibility index (Phi) is 4.08. The lowest BCUT2D eigenvalue weighted by atomic mass is 10.2. The molecule has 0 radical (unpaired) electrons. The monoisotopic (exact) mass is 273 g/mol. The summed E-state index contributed by atoms with van der Waals surface area (Å²) in [7, 11) is 0. The minimum Gasteiger partial charge on any atom is -0.444 e. The van der Waals surface area contributed by atoms with Gasteiger partial charge in [0.05, 0.1) is 24.8 Å². The van der Waals surface area contributed by atoms with Gasteiger partial charge >= 0.3 is 6.09 Å². The van der Waals surface area contributed by atoms with Gasteiger partial charge in [-0.25, -0.2) is 9.78 Å². The second kappa shape index (κ2) is 5.77. The van der Waals surface area contributed by atoms with Crippen LogP contribution in [0.3, 0.4) is 0 Å². The number of ether oxygens (including phenoxy) is 1. The molecule has 1 amide bonds. The predicted octanol–water partition coefficient (Wildman–Crippen LogP) is 2.90. The number of carbonyl (C=O) groups excluding carboxylic acids is 1. The molecule has 106 valence electrons. The van der Waals surface area contributed by atoms with E-state index in [-0.39, 0.29) is 0 Å². The molecule has 1 heterocycles. The molecule has 0 aliphatic heterocycles. The molecule has 5 nitrogen and oxygen atoms in total. The number of aromatic nitrogens is 2. The normalized spacial score (nSPS) is 11.2. The summed E-state index contributed by atoms with van der Waals surface area (Å²) in [4.78, 5) is 15.8. The zero-order valence-electron chi connectivity index (χ0n) is 12.0. The minimum atomic E-state index is -0.496. The summed E-state index contributed by atoms with van der Waals surface area (Å²) in [5.41, 5.74) is 1.40. The number of hydrogen-bond acceptors (Lipinski definition) is 3. The van der Waals surface area contributed by atoms with Gasteiger partial charge in [0, 0.05) is 5.69 Å². The van der Waals surface area contributed by atoms with Gasteiger partial charge in [-0.05, 0) is 32.9 Å². The highest BCUT2D eigenvalue weighted by Crippen LogP contribution is 2.11. The maximum Gasteiger partial charge on any atom is 0.407 e. The van der Waals surface area contributed by atoms with Crippen LogP contribution in [0, 0.1) is 0 Å². The Hall–Kier alpha value is -2.30. The molecule has 0 aliphatic rings. The van der Waals surface area contributed by atoms with E-state index in [2.05, 4.69) is 10.3 Å². The van der Waals surface area contributed by atoms with Crippen molar-refractivity contribution in [1.29, 1.82) is 0 Å². The number of carbonyl (C=O) groups is 1. The van der Waals surface area contributed by atoms with Gasteiger partial charge in [0.2, 0.25) is 0 Å². The van der Waals surface area contributed by atoms with Crippen LogP contribution in [0.2, 0.25) is 0 Å². The van der Waals surface area contributed by atoms with Crippen LogP contribution in [0.5, 0.6) is 0 Å². The van der Waals surface area contributed by atoms with Crippen molar-refractivity contribution >= 4 is 6.09 Å². The second-order valence-corrected chi connectivity index (χ2v) is 5.45. The van der Waals surface area contributed by atoms with Gasteiger partial charge in [0.25, 0.3) is 0 Å². The molecule has 5 heteroatoms. The van der Waals surface area contributed by atoms with Gasteiger partial charge in [-0.1, -0.05) is 18.2 Å². The van der Waals surface area contributed by atoms with Crippen molar-refractivity contribution in [2.75, 3.05) is 0 Å². The fourth-order valence-electron chi connectivity index (χ4n) is 1.75. The van der Waals surface area contributed by atoms with E-state index in [0.717, 1.165) is 11.4 Å². The molecule has 2 aromatic rings. The summed E-state index contributed by atoms with van der Waals surface area (Å²) in [5.74, 6) is 0. The highest BCUT2D eigenvalue weighted by Gasteiger charge is 2.16. The maximum absolute atomic E-state index is 11.6. The van der Waals surface area contributed by atoms with E-state index in [1.165, 1.54) is 0 Å². The summed E-state index contributed by atoms with van der Waals surface area (Å²) < 4.78 is 7.13. The van der Waals surface area contributed by atoms with Crippen molar-refractivity contribution in [2.24, 2.45) is 0 Å². The van der Waals surface area contributed by atoms with E-state index in [1.54, 1.807) is 12.5 Å². The number of alkyl carbamates (subject to hydrolysis) is 1. The van der Waals surface area contributed by atoms with Crippen LogP contribution in [0.15, 0.2) is 42.9 Å². The fraction of sp³-hybridized carbons (Fsp3) is 0.333. The van der Waals surface area contributed by atoms with E-state index < -0.39 is 11.7 Å². The molecule has 0 aliphatic carbocycles. The summed E-state index contributed by atoms with van der Waals surface area (Å²) >= 11 is 0. The summed E-state index contributed by atoms with van der Waals surface area (Å²) in [6.45, 7) is 5.87. The van der Waals surface area contributed by atoms with E-state index in [9.17, 15) is 4.79 Å². The lowest BCUT2D eigenvalue weighted by molar-refractivity contribution is 0.0522.